The Morgan fingerprint density at radius 1 is 0.712 bits per heavy atom. The molecule has 0 bridgehead atoms. The van der Waals surface area contributed by atoms with Gasteiger partial charge in [0.1, 0.15) is 13.2 Å². The van der Waals surface area contributed by atoms with Crippen molar-refractivity contribution in [2.75, 3.05) is 40.9 Å². The zero-order valence-corrected chi connectivity index (χ0v) is 34.9. The van der Waals surface area contributed by atoms with Crippen LogP contribution in [-0.4, -0.2) is 68.5 Å². The molecule has 0 saturated carbocycles. The number of amides is 1. The summed E-state index contributed by atoms with van der Waals surface area (Å²) in [7, 11) is 1.22. The number of phosphoric acid groups is 1. The minimum absolute atomic E-state index is 0.0112. The number of quaternary nitrogens is 1. The molecular formula is C43H79N2O6P. The molecule has 0 aromatic rings. The van der Waals surface area contributed by atoms with Crippen molar-refractivity contribution in [1.29, 1.82) is 0 Å². The number of aliphatic hydroxyl groups excluding tert-OH is 1. The number of hydrogen-bond donors (Lipinski definition) is 2. The van der Waals surface area contributed by atoms with Gasteiger partial charge < -0.3 is 28.8 Å². The van der Waals surface area contributed by atoms with Crippen LogP contribution in [-0.2, 0) is 18.4 Å². The first-order valence-corrected chi connectivity index (χ1v) is 22.1. The molecule has 0 fully saturated rings. The normalized spacial score (nSPS) is 15.1. The van der Waals surface area contributed by atoms with Crippen molar-refractivity contribution in [3.63, 3.8) is 0 Å². The van der Waals surface area contributed by atoms with Gasteiger partial charge in [0.25, 0.3) is 7.82 Å². The van der Waals surface area contributed by atoms with E-state index in [-0.39, 0.29) is 12.5 Å². The Morgan fingerprint density at radius 2 is 1.21 bits per heavy atom. The Morgan fingerprint density at radius 3 is 1.77 bits per heavy atom. The molecule has 0 aliphatic rings. The molecule has 0 saturated heterocycles. The number of nitrogens with one attached hydrogen (secondary N) is 1. The van der Waals surface area contributed by atoms with Crippen LogP contribution < -0.4 is 10.2 Å². The molecule has 52 heavy (non-hydrogen) atoms. The van der Waals surface area contributed by atoms with Crippen LogP contribution in [0, 0.1) is 0 Å². The van der Waals surface area contributed by atoms with Gasteiger partial charge in [0.05, 0.1) is 39.9 Å². The Kier molecular flexibility index (Phi) is 33.7. The van der Waals surface area contributed by atoms with E-state index < -0.39 is 26.6 Å². The minimum Gasteiger partial charge on any atom is -0.756 e. The summed E-state index contributed by atoms with van der Waals surface area (Å²) in [6.07, 6.45) is 44.4. The van der Waals surface area contributed by atoms with Gasteiger partial charge >= 0.3 is 0 Å². The highest BCUT2D eigenvalue weighted by molar-refractivity contribution is 7.45. The standard InChI is InChI=1S/C43H79N2O6P/c1-6-8-10-12-14-16-17-18-19-20-21-22-23-24-25-26-27-29-31-33-35-37-43(47)44-41(40-51-52(48,49)50-39-38-45(3,4)5)42(46)36-34-32-30-28-15-13-11-9-7-2/h7-10,14-16,28,34,36,41-42,46H,6,11-13,17-27,29-33,35,37-40H2,1-5H3,(H-,44,47,48,49)/b9-7+,10-8-,16-14-,28-15+,36-34+. The van der Waals surface area contributed by atoms with Crippen LogP contribution in [0.2, 0.25) is 0 Å². The third-order valence-corrected chi connectivity index (χ3v) is 9.75. The smallest absolute Gasteiger partial charge is 0.268 e. The number of carbonyl (C=O) groups is 1. The van der Waals surface area contributed by atoms with Crippen molar-refractivity contribution >= 4 is 13.7 Å². The molecule has 0 aromatic carbocycles. The molecular weight excluding hydrogens is 671 g/mol. The third kappa shape index (κ3) is 36.6. The van der Waals surface area contributed by atoms with Crippen molar-refractivity contribution in [3.8, 4) is 0 Å². The van der Waals surface area contributed by atoms with Crippen LogP contribution >= 0.6 is 7.82 Å². The number of nitrogens with zero attached hydrogens (tertiary/aromatic N) is 1. The summed E-state index contributed by atoms with van der Waals surface area (Å²) in [5.41, 5.74) is 0. The summed E-state index contributed by atoms with van der Waals surface area (Å²) in [6, 6.07) is -0.908. The van der Waals surface area contributed by atoms with Crippen LogP contribution in [0.4, 0.5) is 0 Å². The number of allylic oxidation sites excluding steroid dienone is 9. The minimum atomic E-state index is -4.59. The van der Waals surface area contributed by atoms with Gasteiger partial charge in [-0.1, -0.05) is 145 Å². The van der Waals surface area contributed by atoms with Gasteiger partial charge in [-0.3, -0.25) is 9.36 Å². The van der Waals surface area contributed by atoms with Crippen LogP contribution in [0.5, 0.6) is 0 Å². The van der Waals surface area contributed by atoms with Crippen molar-refractivity contribution < 1.29 is 32.9 Å². The van der Waals surface area contributed by atoms with Gasteiger partial charge in [-0.2, -0.15) is 0 Å². The lowest BCUT2D eigenvalue weighted by Crippen LogP contribution is -2.45. The van der Waals surface area contributed by atoms with Gasteiger partial charge in [-0.25, -0.2) is 0 Å². The molecule has 0 heterocycles. The lowest BCUT2D eigenvalue weighted by molar-refractivity contribution is -0.870. The highest BCUT2D eigenvalue weighted by Crippen LogP contribution is 2.38. The molecule has 0 radical (unpaired) electrons. The Balaban J connectivity index is 4.30. The monoisotopic (exact) mass is 751 g/mol. The maximum atomic E-state index is 12.8. The summed E-state index contributed by atoms with van der Waals surface area (Å²) < 4.78 is 23.0. The first-order chi connectivity index (χ1) is 25.0. The second kappa shape index (κ2) is 34.9. The van der Waals surface area contributed by atoms with Gasteiger partial charge in [0.2, 0.25) is 5.91 Å². The lowest BCUT2D eigenvalue weighted by Gasteiger charge is -2.29. The van der Waals surface area contributed by atoms with Crippen LogP contribution in [0.25, 0.3) is 0 Å². The third-order valence-electron chi connectivity index (χ3n) is 8.78. The molecule has 3 atom stereocenters. The van der Waals surface area contributed by atoms with E-state index in [1.807, 2.05) is 40.2 Å². The number of carbonyl (C=O) groups excluding carboxylic acids is 1. The Hall–Kier alpha value is -1.80. The molecule has 0 aliphatic carbocycles. The summed E-state index contributed by atoms with van der Waals surface area (Å²) in [5, 5.41) is 13.6. The Labute approximate surface area is 320 Å². The number of phosphoric ester groups is 1. The van der Waals surface area contributed by atoms with E-state index in [1.54, 1.807) is 6.08 Å². The molecule has 0 rings (SSSR count). The summed E-state index contributed by atoms with van der Waals surface area (Å²) >= 11 is 0. The van der Waals surface area contributed by atoms with E-state index >= 15 is 0 Å². The fourth-order valence-corrected chi connectivity index (χ4v) is 6.24. The van der Waals surface area contributed by atoms with E-state index in [1.165, 1.54) is 77.0 Å². The van der Waals surface area contributed by atoms with Gasteiger partial charge in [0, 0.05) is 6.42 Å². The second-order valence-corrected chi connectivity index (χ2v) is 16.4. The van der Waals surface area contributed by atoms with E-state index in [0.717, 1.165) is 57.8 Å². The number of unbranched alkanes of at least 4 members (excludes halogenated alkanes) is 16. The molecule has 302 valence electrons. The molecule has 3 unspecified atom stereocenters. The van der Waals surface area contributed by atoms with Crippen LogP contribution in [0.1, 0.15) is 155 Å². The molecule has 0 aliphatic heterocycles. The lowest BCUT2D eigenvalue weighted by atomic mass is 10.0. The molecule has 9 heteroatoms. The van der Waals surface area contributed by atoms with Crippen LogP contribution in [0.15, 0.2) is 60.8 Å². The van der Waals surface area contributed by atoms with E-state index in [4.69, 9.17) is 9.05 Å². The average Bonchev–Trinajstić information content (AvgIpc) is 3.09. The molecule has 0 aromatic heterocycles. The fourth-order valence-electron chi connectivity index (χ4n) is 5.52. The number of likely N-dealkylation sites (N-methyl/N-ethyl adjacent to an activating group) is 1. The first kappa shape index (κ1) is 50.2. The predicted octanol–water partition coefficient (Wildman–Crippen LogP) is 10.4. The zero-order chi connectivity index (χ0) is 38.6. The maximum Gasteiger partial charge on any atom is 0.268 e. The molecule has 8 nitrogen and oxygen atoms in total. The topological polar surface area (TPSA) is 108 Å². The van der Waals surface area contributed by atoms with Crippen molar-refractivity contribution in [2.45, 2.75) is 167 Å². The van der Waals surface area contributed by atoms with Crippen LogP contribution in [0.3, 0.4) is 0 Å². The quantitative estimate of drug-likeness (QED) is 0.0286. The summed E-state index contributed by atoms with van der Waals surface area (Å²) in [4.78, 5) is 25.2. The number of rotatable bonds is 36. The Bertz CT molecular complexity index is 1030. The predicted molar refractivity (Wildman–Crippen MR) is 219 cm³/mol. The maximum absolute atomic E-state index is 12.8. The second-order valence-electron chi connectivity index (χ2n) is 15.0. The summed E-state index contributed by atoms with van der Waals surface area (Å²) in [5.74, 6) is -0.218. The molecule has 0 spiro atoms. The van der Waals surface area contributed by atoms with E-state index in [0.29, 0.717) is 17.4 Å². The highest BCUT2D eigenvalue weighted by atomic mass is 31.2. The van der Waals surface area contributed by atoms with E-state index in [2.05, 4.69) is 54.8 Å². The highest BCUT2D eigenvalue weighted by Gasteiger charge is 2.23. The molecule has 1 amide bonds. The first-order valence-electron chi connectivity index (χ1n) is 20.6. The van der Waals surface area contributed by atoms with Crippen molar-refractivity contribution in [3.05, 3.63) is 60.8 Å². The SMILES string of the molecule is C/C=C/CC/C=C/CC/C=C/C(O)C(COP(=O)([O-])OCC[N+](C)(C)C)NC(=O)CCCCCCCCCCCCCCCC/C=C\C/C=C\CC. The van der Waals surface area contributed by atoms with Gasteiger partial charge in [-0.05, 0) is 64.7 Å². The number of aliphatic hydroxyl groups is 1. The average molecular weight is 751 g/mol. The fraction of sp³-hybridized carbons (Fsp3) is 0.744. The zero-order valence-electron chi connectivity index (χ0n) is 34.0. The van der Waals surface area contributed by atoms with Gasteiger partial charge in [-0.15, -0.1) is 0 Å². The van der Waals surface area contributed by atoms with Gasteiger partial charge in [0.15, 0.2) is 0 Å². The van der Waals surface area contributed by atoms with Crippen molar-refractivity contribution in [2.24, 2.45) is 0 Å². The van der Waals surface area contributed by atoms with E-state index in [9.17, 15) is 19.4 Å². The molecule has 2 N–H and O–H groups in total. The largest absolute Gasteiger partial charge is 0.756 e. The van der Waals surface area contributed by atoms with Crippen molar-refractivity contribution in [1.82, 2.24) is 5.32 Å². The number of hydrogen-bond acceptors (Lipinski definition) is 6. The summed E-state index contributed by atoms with van der Waals surface area (Å²) in [6.45, 7) is 4.26.